The van der Waals surface area contributed by atoms with E-state index in [1.165, 1.54) is 43.2 Å². The average Bonchev–Trinajstić information content (AvgIpc) is 3.08. The maximum atomic E-state index is 10.8. The van der Waals surface area contributed by atoms with Gasteiger partial charge >= 0.3 is 0 Å². The minimum Gasteiger partial charge on any atom is -0.490 e. The SMILES string of the molecule is CCCCCCCCOc1ccc2c3c1O[C@H]1[C@@H](O)C=C[C@H]4[C@@H](C2)N(C)CC[C@@]341. The second kappa shape index (κ2) is 7.63. The van der Waals surface area contributed by atoms with Crippen molar-refractivity contribution < 1.29 is 14.6 Å². The molecule has 0 saturated carbocycles. The van der Waals surface area contributed by atoms with Crippen LogP contribution in [0.15, 0.2) is 24.3 Å². The third kappa shape index (κ3) is 2.94. The van der Waals surface area contributed by atoms with Crippen molar-refractivity contribution >= 4 is 0 Å². The van der Waals surface area contributed by atoms with Crippen LogP contribution in [0.5, 0.6) is 11.5 Å². The number of aliphatic hydroxyl groups excluding tert-OH is 1. The summed E-state index contributed by atoms with van der Waals surface area (Å²) in [6, 6.07) is 4.86. The van der Waals surface area contributed by atoms with Gasteiger partial charge in [-0.2, -0.15) is 0 Å². The van der Waals surface area contributed by atoms with Crippen LogP contribution < -0.4 is 9.47 Å². The number of ether oxygens (including phenoxy) is 2. The third-order valence-electron chi connectivity index (χ3n) is 7.89. The Morgan fingerprint density at radius 1 is 1.17 bits per heavy atom. The topological polar surface area (TPSA) is 41.9 Å². The van der Waals surface area contributed by atoms with Gasteiger partial charge in [0, 0.05) is 22.9 Å². The van der Waals surface area contributed by atoms with E-state index in [9.17, 15) is 5.11 Å². The second-order valence-electron chi connectivity index (χ2n) is 9.53. The molecule has 158 valence electrons. The molecule has 1 N–H and O–H groups in total. The van der Waals surface area contributed by atoms with Crippen LogP contribution >= 0.6 is 0 Å². The van der Waals surface area contributed by atoms with Crippen molar-refractivity contribution in [1.82, 2.24) is 4.90 Å². The molecule has 0 unspecified atom stereocenters. The van der Waals surface area contributed by atoms with Gasteiger partial charge in [-0.1, -0.05) is 57.2 Å². The lowest BCUT2D eigenvalue weighted by Crippen LogP contribution is -2.64. The first kappa shape index (κ1) is 19.4. The Bertz CT molecular complexity index is 791. The molecular formula is C25H35NO3. The van der Waals surface area contributed by atoms with Gasteiger partial charge in [-0.05, 0) is 44.5 Å². The number of likely N-dealkylation sites (tertiary alicyclic amines) is 1. The van der Waals surface area contributed by atoms with Gasteiger partial charge in [0.15, 0.2) is 11.5 Å². The Morgan fingerprint density at radius 2 is 2.00 bits per heavy atom. The fraction of sp³-hybridized carbons (Fsp3) is 0.680. The highest BCUT2D eigenvalue weighted by molar-refractivity contribution is 5.62. The molecule has 4 nitrogen and oxygen atoms in total. The van der Waals surface area contributed by atoms with Gasteiger partial charge in [0.2, 0.25) is 0 Å². The zero-order valence-corrected chi connectivity index (χ0v) is 17.9. The molecule has 4 aliphatic rings. The van der Waals surface area contributed by atoms with E-state index in [0.29, 0.717) is 12.0 Å². The molecule has 2 aliphatic carbocycles. The summed E-state index contributed by atoms with van der Waals surface area (Å²) < 4.78 is 12.8. The molecule has 0 radical (unpaired) electrons. The number of aliphatic hydroxyl groups is 1. The smallest absolute Gasteiger partial charge is 0.165 e. The molecule has 29 heavy (non-hydrogen) atoms. The lowest BCUT2D eigenvalue weighted by atomic mass is 9.53. The number of nitrogens with zero attached hydrogens (tertiary/aromatic N) is 1. The van der Waals surface area contributed by atoms with E-state index in [1.54, 1.807) is 0 Å². The van der Waals surface area contributed by atoms with E-state index in [4.69, 9.17) is 9.47 Å². The van der Waals surface area contributed by atoms with Crippen LogP contribution in [0.2, 0.25) is 0 Å². The van der Waals surface area contributed by atoms with Crippen molar-refractivity contribution in [2.75, 3.05) is 20.2 Å². The highest BCUT2D eigenvalue weighted by Gasteiger charge is 2.64. The van der Waals surface area contributed by atoms with E-state index in [2.05, 4.69) is 37.1 Å². The fourth-order valence-corrected chi connectivity index (χ4v) is 6.41. The first-order valence-electron chi connectivity index (χ1n) is 11.7. The summed E-state index contributed by atoms with van der Waals surface area (Å²) in [4.78, 5) is 2.50. The van der Waals surface area contributed by atoms with Gasteiger partial charge in [-0.3, -0.25) is 0 Å². The quantitative estimate of drug-likeness (QED) is 0.526. The van der Waals surface area contributed by atoms with Gasteiger partial charge in [-0.15, -0.1) is 0 Å². The van der Waals surface area contributed by atoms with Crippen LogP contribution in [-0.2, 0) is 11.8 Å². The van der Waals surface area contributed by atoms with Crippen molar-refractivity contribution in [2.24, 2.45) is 5.92 Å². The fourth-order valence-electron chi connectivity index (χ4n) is 6.41. The predicted molar refractivity (Wildman–Crippen MR) is 115 cm³/mol. The van der Waals surface area contributed by atoms with Crippen LogP contribution in [0.25, 0.3) is 0 Å². The van der Waals surface area contributed by atoms with Crippen LogP contribution in [0.1, 0.15) is 63.0 Å². The van der Waals surface area contributed by atoms with Crippen molar-refractivity contribution in [1.29, 1.82) is 0 Å². The van der Waals surface area contributed by atoms with E-state index in [-0.39, 0.29) is 11.5 Å². The van der Waals surface area contributed by atoms with E-state index in [0.717, 1.165) is 43.9 Å². The van der Waals surface area contributed by atoms with Crippen LogP contribution in [-0.4, -0.2) is 48.5 Å². The Morgan fingerprint density at radius 3 is 2.86 bits per heavy atom. The number of benzene rings is 1. The number of hydrogen-bond acceptors (Lipinski definition) is 4. The standard InChI is InChI=1S/C25H35NO3/c1-3-4-5-6-7-8-15-28-21-12-9-17-16-19-18-10-11-20(27)24-25(18,13-14-26(19)2)22(17)23(21)29-24/h9-12,18-20,24,27H,3-8,13-16H2,1-2H3/t18-,19+,20-,24-,25-/m0/s1. The molecule has 1 aromatic rings. The molecule has 2 bridgehead atoms. The van der Waals surface area contributed by atoms with E-state index >= 15 is 0 Å². The Kier molecular flexibility index (Phi) is 5.11. The summed E-state index contributed by atoms with van der Waals surface area (Å²) in [6.07, 6.45) is 13.2. The number of unbranched alkanes of at least 4 members (excludes halogenated alkanes) is 5. The monoisotopic (exact) mass is 397 g/mol. The number of hydrogen-bond donors (Lipinski definition) is 1. The van der Waals surface area contributed by atoms with Crippen molar-refractivity contribution in [3.05, 3.63) is 35.4 Å². The maximum Gasteiger partial charge on any atom is 0.165 e. The largest absolute Gasteiger partial charge is 0.490 e. The van der Waals surface area contributed by atoms with Crippen LogP contribution in [0, 0.1) is 5.92 Å². The van der Waals surface area contributed by atoms with Crippen molar-refractivity contribution in [3.8, 4) is 11.5 Å². The summed E-state index contributed by atoms with van der Waals surface area (Å²) in [5, 5.41) is 10.8. The van der Waals surface area contributed by atoms with E-state index < -0.39 is 6.10 Å². The Balaban J connectivity index is 1.39. The average molecular weight is 398 g/mol. The third-order valence-corrected chi connectivity index (χ3v) is 7.89. The molecule has 0 aromatic heterocycles. The van der Waals surface area contributed by atoms with Gasteiger partial charge in [0.25, 0.3) is 0 Å². The minimum atomic E-state index is -0.542. The summed E-state index contributed by atoms with van der Waals surface area (Å²) in [7, 11) is 2.24. The first-order chi connectivity index (χ1) is 14.2. The summed E-state index contributed by atoms with van der Waals surface area (Å²) in [6.45, 7) is 4.06. The molecule has 1 saturated heterocycles. The Labute approximate surface area is 174 Å². The lowest BCUT2D eigenvalue weighted by molar-refractivity contribution is -0.0454. The highest BCUT2D eigenvalue weighted by Crippen LogP contribution is 2.62. The summed E-state index contributed by atoms with van der Waals surface area (Å²) in [5.74, 6) is 2.22. The van der Waals surface area contributed by atoms with Crippen LogP contribution in [0.4, 0.5) is 0 Å². The zero-order chi connectivity index (χ0) is 20.0. The molecule has 0 amide bonds. The summed E-state index contributed by atoms with van der Waals surface area (Å²) >= 11 is 0. The van der Waals surface area contributed by atoms with Crippen molar-refractivity contribution in [3.63, 3.8) is 0 Å². The second-order valence-corrected chi connectivity index (χ2v) is 9.53. The van der Waals surface area contributed by atoms with Crippen LogP contribution in [0.3, 0.4) is 0 Å². The van der Waals surface area contributed by atoms with E-state index in [1.807, 2.05) is 6.08 Å². The molecule has 5 atom stereocenters. The predicted octanol–water partition coefficient (Wildman–Crippen LogP) is 4.23. The molecule has 1 aromatic carbocycles. The number of piperidine rings is 1. The molecule has 5 rings (SSSR count). The normalized spacial score (nSPS) is 34.0. The van der Waals surface area contributed by atoms with Gasteiger partial charge in [-0.25, -0.2) is 0 Å². The number of likely N-dealkylation sites (N-methyl/N-ethyl adjacent to an activating group) is 1. The maximum absolute atomic E-state index is 10.8. The molecule has 2 heterocycles. The minimum absolute atomic E-state index is 0.0895. The van der Waals surface area contributed by atoms with Gasteiger partial charge in [0.05, 0.1) is 6.61 Å². The van der Waals surface area contributed by atoms with Gasteiger partial charge < -0.3 is 19.5 Å². The zero-order valence-electron chi connectivity index (χ0n) is 17.9. The lowest BCUT2D eigenvalue weighted by Gasteiger charge is -2.56. The highest BCUT2D eigenvalue weighted by atomic mass is 16.5. The summed E-state index contributed by atoms with van der Waals surface area (Å²) in [5.41, 5.74) is 2.65. The first-order valence-corrected chi connectivity index (χ1v) is 11.7. The van der Waals surface area contributed by atoms with Crippen molar-refractivity contribution in [2.45, 2.75) is 82.0 Å². The molecule has 1 fully saturated rings. The molecule has 2 aliphatic heterocycles. The van der Waals surface area contributed by atoms with Gasteiger partial charge in [0.1, 0.15) is 12.2 Å². The molecular weight excluding hydrogens is 362 g/mol. The number of rotatable bonds is 8. The molecule has 4 heteroatoms. The Hall–Kier alpha value is -1.52. The molecule has 1 spiro atoms.